The quantitative estimate of drug-likeness (QED) is 0.704. The molecule has 3 nitrogen and oxygen atoms in total. The van der Waals surface area contributed by atoms with Crippen LogP contribution in [0.2, 0.25) is 0 Å². The van der Waals surface area contributed by atoms with E-state index >= 15 is 0 Å². The zero-order valence-electron chi connectivity index (χ0n) is 9.19. The van der Waals surface area contributed by atoms with E-state index in [2.05, 4.69) is 6.07 Å². The van der Waals surface area contributed by atoms with E-state index < -0.39 is 0 Å². The van der Waals surface area contributed by atoms with Crippen molar-refractivity contribution in [2.45, 2.75) is 0 Å². The summed E-state index contributed by atoms with van der Waals surface area (Å²) in [5.41, 5.74) is 1.54. The van der Waals surface area contributed by atoms with E-state index in [4.69, 9.17) is 10.00 Å². The molecule has 0 radical (unpaired) electrons. The van der Waals surface area contributed by atoms with Crippen molar-refractivity contribution >= 4 is 5.57 Å². The summed E-state index contributed by atoms with van der Waals surface area (Å²) in [5, 5.41) is 8.98. The first-order valence-corrected chi connectivity index (χ1v) is 4.60. The van der Waals surface area contributed by atoms with Crippen LogP contribution in [0.25, 0.3) is 5.57 Å². The van der Waals surface area contributed by atoms with Gasteiger partial charge in [-0.2, -0.15) is 5.26 Å². The maximum absolute atomic E-state index is 8.98. The molecule has 0 aliphatic heterocycles. The fourth-order valence-electron chi connectivity index (χ4n) is 1.20. The molecule has 0 N–H and O–H groups in total. The van der Waals surface area contributed by atoms with E-state index in [1.54, 1.807) is 13.3 Å². The van der Waals surface area contributed by atoms with E-state index in [1.165, 1.54) is 0 Å². The van der Waals surface area contributed by atoms with Crippen LogP contribution in [-0.4, -0.2) is 26.1 Å². The first-order valence-electron chi connectivity index (χ1n) is 4.60. The van der Waals surface area contributed by atoms with E-state index in [9.17, 15) is 0 Å². The molecule has 0 aliphatic carbocycles. The molecule has 1 rings (SSSR count). The van der Waals surface area contributed by atoms with Crippen LogP contribution in [0.15, 0.2) is 30.5 Å². The third-order valence-electron chi connectivity index (χ3n) is 1.91. The average molecular weight is 202 g/mol. The smallest absolute Gasteiger partial charge is 0.118 e. The van der Waals surface area contributed by atoms with Gasteiger partial charge in [0.25, 0.3) is 0 Å². The van der Waals surface area contributed by atoms with Crippen molar-refractivity contribution in [1.29, 1.82) is 5.26 Å². The number of ether oxygens (including phenoxy) is 1. The summed E-state index contributed by atoms with van der Waals surface area (Å²) >= 11 is 0. The molecule has 0 saturated heterocycles. The maximum Gasteiger partial charge on any atom is 0.118 e. The Bertz CT molecular complexity index is 385. The molecule has 78 valence electrons. The molecule has 0 fully saturated rings. The maximum atomic E-state index is 8.98. The molecule has 15 heavy (non-hydrogen) atoms. The van der Waals surface area contributed by atoms with Crippen molar-refractivity contribution in [2.75, 3.05) is 21.2 Å². The van der Waals surface area contributed by atoms with Crippen molar-refractivity contribution in [3.8, 4) is 11.8 Å². The van der Waals surface area contributed by atoms with Gasteiger partial charge >= 0.3 is 0 Å². The summed E-state index contributed by atoms with van der Waals surface area (Å²) in [6, 6.07) is 9.60. The van der Waals surface area contributed by atoms with Gasteiger partial charge in [-0.1, -0.05) is 0 Å². The molecule has 0 bridgehead atoms. The van der Waals surface area contributed by atoms with Crippen LogP contribution >= 0.6 is 0 Å². The summed E-state index contributed by atoms with van der Waals surface area (Å²) in [6.45, 7) is 0. The molecule has 0 aromatic heterocycles. The number of allylic oxidation sites excluding steroid dienone is 1. The van der Waals surface area contributed by atoms with E-state index in [0.717, 1.165) is 11.3 Å². The lowest BCUT2D eigenvalue weighted by atomic mass is 10.1. The second kappa shape index (κ2) is 5.06. The van der Waals surface area contributed by atoms with Crippen molar-refractivity contribution in [2.24, 2.45) is 0 Å². The van der Waals surface area contributed by atoms with Crippen molar-refractivity contribution < 1.29 is 4.74 Å². The average Bonchev–Trinajstić information content (AvgIpc) is 2.26. The molecule has 0 spiro atoms. The number of benzene rings is 1. The molecule has 0 heterocycles. The topological polar surface area (TPSA) is 36.3 Å². The van der Waals surface area contributed by atoms with Gasteiger partial charge in [-0.05, 0) is 29.8 Å². The lowest BCUT2D eigenvalue weighted by molar-refractivity contribution is 0.415. The van der Waals surface area contributed by atoms with Crippen LogP contribution in [0, 0.1) is 11.3 Å². The highest BCUT2D eigenvalue weighted by Gasteiger charge is 2.00. The van der Waals surface area contributed by atoms with Crippen LogP contribution in [0.3, 0.4) is 0 Å². The van der Waals surface area contributed by atoms with Crippen LogP contribution in [0.5, 0.6) is 5.75 Å². The highest BCUT2D eigenvalue weighted by atomic mass is 16.5. The summed E-state index contributed by atoms with van der Waals surface area (Å²) in [4.78, 5) is 1.85. The number of rotatable bonds is 3. The zero-order valence-corrected chi connectivity index (χ0v) is 9.19. The second-order valence-corrected chi connectivity index (χ2v) is 3.35. The Morgan fingerprint density at radius 2 is 1.93 bits per heavy atom. The van der Waals surface area contributed by atoms with Gasteiger partial charge in [-0.25, -0.2) is 0 Å². The van der Waals surface area contributed by atoms with Gasteiger partial charge in [-0.15, -0.1) is 0 Å². The highest BCUT2D eigenvalue weighted by Crippen LogP contribution is 2.18. The Kier molecular flexibility index (Phi) is 3.75. The molecule has 1 aromatic rings. The third kappa shape index (κ3) is 3.03. The molecule has 0 atom stereocenters. The third-order valence-corrected chi connectivity index (χ3v) is 1.91. The second-order valence-electron chi connectivity index (χ2n) is 3.35. The van der Waals surface area contributed by atoms with Gasteiger partial charge in [0.2, 0.25) is 0 Å². The molecule has 0 unspecified atom stereocenters. The van der Waals surface area contributed by atoms with Gasteiger partial charge in [-0.3, -0.25) is 0 Å². The lowest BCUT2D eigenvalue weighted by Crippen LogP contribution is -2.02. The Balaban J connectivity index is 3.00. The molecular formula is C12H14N2O. The SMILES string of the molecule is COc1ccc(/C(C#N)=C\N(C)C)cc1. The fourth-order valence-corrected chi connectivity index (χ4v) is 1.20. The number of nitrogens with zero attached hydrogens (tertiary/aromatic N) is 2. The Morgan fingerprint density at radius 1 is 1.33 bits per heavy atom. The fraction of sp³-hybridized carbons (Fsp3) is 0.250. The number of hydrogen-bond acceptors (Lipinski definition) is 3. The van der Waals surface area contributed by atoms with E-state index in [0.29, 0.717) is 5.57 Å². The Hall–Kier alpha value is -1.95. The molecule has 0 saturated carbocycles. The van der Waals surface area contributed by atoms with Crippen LogP contribution in [0.1, 0.15) is 5.56 Å². The number of nitriles is 1. The minimum Gasteiger partial charge on any atom is -0.497 e. The van der Waals surface area contributed by atoms with Crippen molar-refractivity contribution in [3.05, 3.63) is 36.0 Å². The standard InChI is InChI=1S/C12H14N2O/c1-14(2)9-11(8-13)10-4-6-12(15-3)7-5-10/h4-7,9H,1-3H3/b11-9-. The summed E-state index contributed by atoms with van der Waals surface area (Å²) in [6.07, 6.45) is 1.79. The van der Waals surface area contributed by atoms with E-state index in [1.807, 2.05) is 43.3 Å². The Morgan fingerprint density at radius 3 is 2.33 bits per heavy atom. The monoisotopic (exact) mass is 202 g/mol. The predicted molar refractivity (Wildman–Crippen MR) is 60.3 cm³/mol. The number of hydrogen-bond donors (Lipinski definition) is 0. The van der Waals surface area contributed by atoms with Crippen LogP contribution < -0.4 is 4.74 Å². The van der Waals surface area contributed by atoms with Gasteiger partial charge in [0.05, 0.1) is 12.7 Å². The van der Waals surface area contributed by atoms with Gasteiger partial charge in [0.15, 0.2) is 0 Å². The number of methoxy groups -OCH3 is 1. The van der Waals surface area contributed by atoms with Gasteiger partial charge in [0.1, 0.15) is 11.8 Å². The van der Waals surface area contributed by atoms with Crippen LogP contribution in [-0.2, 0) is 0 Å². The molecule has 1 aromatic carbocycles. The van der Waals surface area contributed by atoms with Crippen molar-refractivity contribution in [3.63, 3.8) is 0 Å². The summed E-state index contributed by atoms with van der Waals surface area (Å²) in [5.74, 6) is 0.792. The summed E-state index contributed by atoms with van der Waals surface area (Å²) < 4.78 is 5.05. The van der Waals surface area contributed by atoms with Crippen molar-refractivity contribution in [1.82, 2.24) is 4.90 Å². The minimum absolute atomic E-state index is 0.641. The molecular weight excluding hydrogens is 188 g/mol. The Labute approximate surface area is 90.2 Å². The molecule has 0 aliphatic rings. The lowest BCUT2D eigenvalue weighted by Gasteiger charge is -2.07. The zero-order chi connectivity index (χ0) is 11.3. The molecule has 0 amide bonds. The largest absolute Gasteiger partial charge is 0.497 e. The van der Waals surface area contributed by atoms with Crippen LogP contribution in [0.4, 0.5) is 0 Å². The minimum atomic E-state index is 0.641. The van der Waals surface area contributed by atoms with Gasteiger partial charge < -0.3 is 9.64 Å². The summed E-state index contributed by atoms with van der Waals surface area (Å²) in [7, 11) is 5.40. The molecule has 3 heteroatoms. The first-order chi connectivity index (χ1) is 7.17. The highest BCUT2D eigenvalue weighted by molar-refractivity contribution is 5.76. The normalized spacial score (nSPS) is 10.7. The first kappa shape index (κ1) is 11.1. The predicted octanol–water partition coefficient (Wildman–Crippen LogP) is 2.12. The van der Waals surface area contributed by atoms with E-state index in [-0.39, 0.29) is 0 Å². The van der Waals surface area contributed by atoms with Gasteiger partial charge in [0, 0.05) is 20.3 Å².